The van der Waals surface area contributed by atoms with Gasteiger partial charge in [0.15, 0.2) is 17.3 Å². The van der Waals surface area contributed by atoms with Crippen molar-refractivity contribution >= 4 is 17.3 Å². The molecule has 0 aliphatic rings. The first kappa shape index (κ1) is 47.9. The lowest BCUT2D eigenvalue weighted by atomic mass is 10.1. The smallest absolute Gasteiger partial charge is 0.323 e. The highest BCUT2D eigenvalue weighted by atomic mass is 16.2. The van der Waals surface area contributed by atoms with Crippen LogP contribution in [0, 0.1) is 17.8 Å². The van der Waals surface area contributed by atoms with Gasteiger partial charge in [0.25, 0.3) is 0 Å². The van der Waals surface area contributed by atoms with Crippen molar-refractivity contribution in [1.29, 1.82) is 0 Å². The Bertz CT molecular complexity index is 1920. The molecule has 0 amide bonds. The van der Waals surface area contributed by atoms with Crippen molar-refractivity contribution in [1.82, 2.24) is 60.3 Å². The van der Waals surface area contributed by atoms with E-state index in [1.165, 1.54) is 23.8 Å². The lowest BCUT2D eigenvalue weighted by Crippen LogP contribution is -2.10. The van der Waals surface area contributed by atoms with Crippen molar-refractivity contribution in [2.24, 2.45) is 17.8 Å². The Labute approximate surface area is 327 Å². The topological polar surface area (TPSA) is 263 Å². The molecule has 0 atom stereocenters. The summed E-state index contributed by atoms with van der Waals surface area (Å²) in [7, 11) is 0. The molecular formula is C39H60N12O5. The number of nitrogens with zero attached hydrogens (tertiary/aromatic N) is 4. The Kier molecular flexibility index (Phi) is 21.4. The van der Waals surface area contributed by atoms with E-state index >= 15 is 0 Å². The van der Waals surface area contributed by atoms with Crippen molar-refractivity contribution in [3.8, 4) is 0 Å². The highest BCUT2D eigenvalue weighted by Gasteiger charge is 2.12. The number of aromatic amines is 8. The summed E-state index contributed by atoms with van der Waals surface area (Å²) in [6, 6.07) is 0. The van der Waals surface area contributed by atoms with Gasteiger partial charge in [0.05, 0.1) is 36.8 Å². The number of rotatable bonds is 9. The summed E-state index contributed by atoms with van der Waals surface area (Å²) in [6.07, 6.45) is 16.6. The molecule has 56 heavy (non-hydrogen) atoms. The average Bonchev–Trinajstić information content (AvgIpc) is 4.01. The van der Waals surface area contributed by atoms with Crippen LogP contribution in [0.15, 0.2) is 71.8 Å². The van der Waals surface area contributed by atoms with Crippen LogP contribution in [0.1, 0.15) is 149 Å². The quantitative estimate of drug-likeness (QED) is 0.0707. The van der Waals surface area contributed by atoms with E-state index in [-0.39, 0.29) is 46.5 Å². The Balaban J connectivity index is 0.000000337. The lowest BCUT2D eigenvalue weighted by molar-refractivity contribution is 0.0927. The van der Waals surface area contributed by atoms with Crippen LogP contribution in [0.4, 0.5) is 0 Å². The summed E-state index contributed by atoms with van der Waals surface area (Å²) >= 11 is 0. The van der Waals surface area contributed by atoms with Crippen LogP contribution in [0.25, 0.3) is 0 Å². The zero-order valence-corrected chi connectivity index (χ0v) is 34.6. The molecule has 0 fully saturated rings. The molecule has 6 aromatic rings. The van der Waals surface area contributed by atoms with Crippen molar-refractivity contribution in [3.63, 3.8) is 0 Å². The van der Waals surface area contributed by atoms with Crippen molar-refractivity contribution in [2.45, 2.75) is 101 Å². The number of nitrogens with one attached hydrogen (secondary N) is 8. The van der Waals surface area contributed by atoms with E-state index in [0.29, 0.717) is 34.7 Å². The lowest BCUT2D eigenvalue weighted by Gasteiger charge is -1.98. The second-order valence-corrected chi connectivity index (χ2v) is 14.4. The number of imidazole rings is 4. The molecule has 0 aromatic carbocycles. The maximum atomic E-state index is 11.2. The first-order valence-corrected chi connectivity index (χ1v) is 18.5. The van der Waals surface area contributed by atoms with Gasteiger partial charge < -0.3 is 29.9 Å². The van der Waals surface area contributed by atoms with E-state index < -0.39 is 0 Å². The maximum Gasteiger partial charge on any atom is 0.323 e. The fourth-order valence-corrected chi connectivity index (χ4v) is 4.01. The summed E-state index contributed by atoms with van der Waals surface area (Å²) in [4.78, 5) is 77.9. The minimum Gasteiger partial charge on any atom is -0.348 e. The van der Waals surface area contributed by atoms with Crippen LogP contribution in [0.3, 0.4) is 0 Å². The standard InChI is InChI=1S/C7H10N2O2.2C7H10N2O.C6H10N2O.2C6H10N2/c1-4(2)6(10)5-3-8-7(11)9-5;1-5(2)7(10)6-3-8-4-9-6;1-5(2)7(10)6-3-8-9-4-6;1-4(2)5-3-7-6(9)8-5;1-5(2)6-3-7-4-8-6;1-5(2)6-3-7-8-4-6/h3-4H,1-2H3,(H2,8,9,11);2*3-5H,1-2H3,(H,8,9);3-4H,1-2H3,(H2,7,8,9);2*3-5H,1-2H3,(H,7,8). The van der Waals surface area contributed by atoms with Gasteiger partial charge in [-0.1, -0.05) is 83.1 Å². The Morgan fingerprint density at radius 3 is 1.32 bits per heavy atom. The number of carbonyl (C=O) groups is 3. The van der Waals surface area contributed by atoms with Gasteiger partial charge >= 0.3 is 11.4 Å². The highest BCUT2D eigenvalue weighted by Crippen LogP contribution is 2.10. The van der Waals surface area contributed by atoms with Gasteiger partial charge in [-0.25, -0.2) is 19.6 Å². The number of hydrogen-bond donors (Lipinski definition) is 8. The van der Waals surface area contributed by atoms with E-state index in [1.54, 1.807) is 45.0 Å². The van der Waals surface area contributed by atoms with Gasteiger partial charge in [-0.3, -0.25) is 24.6 Å². The Morgan fingerprint density at radius 1 is 0.482 bits per heavy atom. The molecule has 0 aliphatic carbocycles. The van der Waals surface area contributed by atoms with Gasteiger partial charge in [0, 0.05) is 60.1 Å². The molecular weight excluding hydrogens is 717 g/mol. The van der Waals surface area contributed by atoms with Gasteiger partial charge in [-0.15, -0.1) is 0 Å². The summed E-state index contributed by atoms with van der Waals surface area (Å²) in [5.74, 6) is 1.75. The average molecular weight is 777 g/mol. The van der Waals surface area contributed by atoms with E-state index in [4.69, 9.17) is 0 Å². The monoisotopic (exact) mass is 776 g/mol. The highest BCUT2D eigenvalue weighted by molar-refractivity contribution is 5.97. The second kappa shape index (κ2) is 25.0. The van der Waals surface area contributed by atoms with E-state index in [1.807, 2.05) is 60.1 Å². The summed E-state index contributed by atoms with van der Waals surface area (Å²) in [6.45, 7) is 23.6. The van der Waals surface area contributed by atoms with Crippen LogP contribution in [-0.2, 0) is 0 Å². The zero-order valence-electron chi connectivity index (χ0n) is 34.6. The number of carbonyl (C=O) groups excluding carboxylic acids is 3. The minimum absolute atomic E-state index is 0.0421. The third kappa shape index (κ3) is 18.3. The van der Waals surface area contributed by atoms with Gasteiger partial charge in [0.1, 0.15) is 11.4 Å². The van der Waals surface area contributed by atoms with Gasteiger partial charge in [-0.05, 0) is 23.3 Å². The third-order valence-corrected chi connectivity index (χ3v) is 7.55. The number of hydrogen-bond acceptors (Lipinski definition) is 9. The van der Waals surface area contributed by atoms with Crippen LogP contribution in [-0.4, -0.2) is 77.6 Å². The molecule has 0 bridgehead atoms. The zero-order chi connectivity index (χ0) is 42.4. The molecule has 0 aliphatic heterocycles. The minimum atomic E-state index is -0.339. The Hall–Kier alpha value is -6.13. The fourth-order valence-electron chi connectivity index (χ4n) is 4.01. The molecule has 306 valence electrons. The largest absolute Gasteiger partial charge is 0.348 e. The molecule has 8 N–H and O–H groups in total. The molecule has 0 spiro atoms. The summed E-state index contributed by atoms with van der Waals surface area (Å²) < 4.78 is 0. The van der Waals surface area contributed by atoms with Crippen molar-refractivity contribution in [3.05, 3.63) is 117 Å². The predicted molar refractivity (Wildman–Crippen MR) is 217 cm³/mol. The number of Topliss-reactive ketones (excluding diaryl/α,β-unsaturated/α-hetero) is 3. The molecule has 0 saturated carbocycles. The first-order chi connectivity index (χ1) is 26.3. The van der Waals surface area contributed by atoms with Crippen LogP contribution in [0.2, 0.25) is 0 Å². The number of aromatic nitrogens is 12. The van der Waals surface area contributed by atoms with Crippen LogP contribution >= 0.6 is 0 Å². The molecule has 0 unspecified atom stereocenters. The molecule has 6 aromatic heterocycles. The number of H-pyrrole nitrogens is 8. The second-order valence-electron chi connectivity index (χ2n) is 14.4. The maximum absolute atomic E-state index is 11.2. The van der Waals surface area contributed by atoms with Crippen molar-refractivity contribution in [2.75, 3.05) is 0 Å². The molecule has 6 heterocycles. The van der Waals surface area contributed by atoms with E-state index in [9.17, 15) is 24.0 Å². The van der Waals surface area contributed by atoms with E-state index in [2.05, 4.69) is 88.0 Å². The van der Waals surface area contributed by atoms with Crippen LogP contribution in [0.5, 0.6) is 0 Å². The Morgan fingerprint density at radius 2 is 1.00 bits per heavy atom. The first-order valence-electron chi connectivity index (χ1n) is 18.5. The van der Waals surface area contributed by atoms with Crippen molar-refractivity contribution < 1.29 is 14.4 Å². The molecule has 17 nitrogen and oxygen atoms in total. The van der Waals surface area contributed by atoms with Gasteiger partial charge in [0.2, 0.25) is 0 Å². The molecule has 0 saturated heterocycles. The fraction of sp³-hybridized carbons (Fsp3) is 0.462. The molecule has 0 radical (unpaired) electrons. The third-order valence-electron chi connectivity index (χ3n) is 7.55. The van der Waals surface area contributed by atoms with Crippen LogP contribution < -0.4 is 11.4 Å². The number of ketones is 3. The summed E-state index contributed by atoms with van der Waals surface area (Å²) in [5.41, 5.74) is 4.57. The summed E-state index contributed by atoms with van der Waals surface area (Å²) in [5, 5.41) is 12.9. The predicted octanol–water partition coefficient (Wildman–Crippen LogP) is 6.93. The van der Waals surface area contributed by atoms with E-state index in [0.717, 1.165) is 5.69 Å². The normalized spacial score (nSPS) is 10.4. The van der Waals surface area contributed by atoms with Gasteiger partial charge in [-0.2, -0.15) is 10.2 Å². The molecule has 6 rings (SSSR count). The molecule has 17 heteroatoms. The SMILES string of the molecule is CC(C)C(=O)c1c[nH]c(=O)[nH]1.CC(C)C(=O)c1cn[nH]c1.CC(C)C(=O)c1cnc[nH]1.CC(C)c1c[nH]c(=O)[nH]1.CC(C)c1cn[nH]c1.CC(C)c1cnc[nH]1.